The number of anilines is 1. The number of carbonyl (C=O) groups excluding carboxylic acids is 1. The minimum Gasteiger partial charge on any atom is -0.463 e. The largest absolute Gasteiger partial charge is 0.463 e. The second kappa shape index (κ2) is 6.65. The maximum atomic E-state index is 11.5. The van der Waals surface area contributed by atoms with Gasteiger partial charge in [-0.2, -0.15) is 0 Å². The minimum absolute atomic E-state index is 0.0696. The molecule has 6 nitrogen and oxygen atoms in total. The zero-order chi connectivity index (χ0) is 14.5. The average Bonchev–Trinajstić information content (AvgIpc) is 2.91. The van der Waals surface area contributed by atoms with Gasteiger partial charge in [-0.25, -0.2) is 14.8 Å². The van der Waals surface area contributed by atoms with Gasteiger partial charge >= 0.3 is 5.97 Å². The number of nitrogens with zero attached hydrogens (tertiary/aromatic N) is 2. The van der Waals surface area contributed by atoms with E-state index in [1.807, 2.05) is 6.92 Å². The number of rotatable bonds is 5. The fourth-order valence-corrected chi connectivity index (χ4v) is 2.70. The Labute approximate surface area is 118 Å². The van der Waals surface area contributed by atoms with Crippen LogP contribution < -0.4 is 5.32 Å². The third kappa shape index (κ3) is 3.45. The highest BCUT2D eigenvalue weighted by molar-refractivity contribution is 5.85. The molecule has 6 heteroatoms. The number of ether oxygens (including phenoxy) is 1. The average molecular weight is 279 g/mol. The van der Waals surface area contributed by atoms with Crippen LogP contribution in [0.25, 0.3) is 0 Å². The number of aliphatic hydroxyl groups excluding tert-OH is 1. The van der Waals surface area contributed by atoms with Crippen molar-refractivity contribution in [2.45, 2.75) is 26.2 Å². The lowest BCUT2D eigenvalue weighted by molar-refractivity contribution is 0.0586. The van der Waals surface area contributed by atoms with Gasteiger partial charge in [0.2, 0.25) is 5.82 Å². The summed E-state index contributed by atoms with van der Waals surface area (Å²) in [6.45, 7) is 2.80. The molecule has 1 aliphatic rings. The second-order valence-corrected chi connectivity index (χ2v) is 5.22. The van der Waals surface area contributed by atoms with Gasteiger partial charge in [-0.15, -0.1) is 0 Å². The normalized spacial score (nSPS) is 21.8. The lowest BCUT2D eigenvalue weighted by atomic mass is 9.97. The molecule has 2 N–H and O–H groups in total. The first-order valence-electron chi connectivity index (χ1n) is 6.92. The van der Waals surface area contributed by atoms with Gasteiger partial charge in [0.15, 0.2) is 0 Å². The van der Waals surface area contributed by atoms with Crippen LogP contribution >= 0.6 is 0 Å². The van der Waals surface area contributed by atoms with Crippen molar-refractivity contribution in [2.24, 2.45) is 11.8 Å². The monoisotopic (exact) mass is 279 g/mol. The van der Waals surface area contributed by atoms with Gasteiger partial charge in [0.1, 0.15) is 5.82 Å². The Morgan fingerprint density at radius 2 is 2.20 bits per heavy atom. The smallest absolute Gasteiger partial charge is 0.376 e. The first-order chi connectivity index (χ1) is 9.63. The molecular formula is C14H21N3O3. The van der Waals surface area contributed by atoms with Crippen molar-refractivity contribution in [3.63, 3.8) is 0 Å². The summed E-state index contributed by atoms with van der Waals surface area (Å²) in [4.78, 5) is 19.7. The maximum Gasteiger partial charge on any atom is 0.376 e. The minimum atomic E-state index is -0.536. The zero-order valence-corrected chi connectivity index (χ0v) is 11.9. The van der Waals surface area contributed by atoms with Gasteiger partial charge < -0.3 is 15.2 Å². The lowest BCUT2D eigenvalue weighted by Gasteiger charge is -2.18. The summed E-state index contributed by atoms with van der Waals surface area (Å²) in [5.74, 6) is 0.981. The Kier molecular flexibility index (Phi) is 4.89. The fraction of sp³-hybridized carbons (Fsp3) is 0.643. The van der Waals surface area contributed by atoms with Gasteiger partial charge in [0, 0.05) is 24.9 Å². The number of aliphatic hydroxyl groups is 1. The summed E-state index contributed by atoms with van der Waals surface area (Å²) in [6, 6.07) is 1.80. The molecule has 2 atom stereocenters. The second-order valence-electron chi connectivity index (χ2n) is 5.22. The highest BCUT2D eigenvalue weighted by atomic mass is 16.5. The van der Waals surface area contributed by atoms with Crippen molar-refractivity contribution in [1.82, 2.24) is 9.97 Å². The quantitative estimate of drug-likeness (QED) is 0.792. The van der Waals surface area contributed by atoms with Crippen LogP contribution in [0.4, 0.5) is 5.82 Å². The molecule has 0 aliphatic heterocycles. The van der Waals surface area contributed by atoms with E-state index < -0.39 is 5.97 Å². The molecule has 110 valence electrons. The van der Waals surface area contributed by atoms with Crippen LogP contribution in [0.15, 0.2) is 6.07 Å². The molecular weight excluding hydrogens is 258 g/mol. The molecule has 2 rings (SSSR count). The number of hydrogen-bond donors (Lipinski definition) is 2. The van der Waals surface area contributed by atoms with Crippen molar-refractivity contribution in [3.05, 3.63) is 17.6 Å². The molecule has 2 unspecified atom stereocenters. The Hall–Kier alpha value is -1.69. The summed E-state index contributed by atoms with van der Waals surface area (Å²) in [5.41, 5.74) is 0.716. The van der Waals surface area contributed by atoms with Crippen molar-refractivity contribution in [2.75, 3.05) is 25.6 Å². The van der Waals surface area contributed by atoms with Gasteiger partial charge in [-0.3, -0.25) is 0 Å². The number of esters is 1. The van der Waals surface area contributed by atoms with Crippen LogP contribution in [-0.4, -0.2) is 41.3 Å². The molecule has 0 bridgehead atoms. The Bertz CT molecular complexity index is 479. The van der Waals surface area contributed by atoms with E-state index in [-0.39, 0.29) is 12.4 Å². The SMILES string of the molecule is COC(=O)c1nc(C)cc(NCC2CCCC2CO)n1. The van der Waals surface area contributed by atoms with E-state index in [0.29, 0.717) is 23.3 Å². The molecule has 1 heterocycles. The summed E-state index contributed by atoms with van der Waals surface area (Å²) < 4.78 is 4.63. The fourth-order valence-electron chi connectivity index (χ4n) is 2.70. The van der Waals surface area contributed by atoms with Crippen LogP contribution in [-0.2, 0) is 4.74 Å². The van der Waals surface area contributed by atoms with E-state index in [1.54, 1.807) is 6.07 Å². The third-order valence-electron chi connectivity index (χ3n) is 3.82. The molecule has 0 aromatic carbocycles. The Balaban J connectivity index is 2.02. The number of aryl methyl sites for hydroxylation is 1. The third-order valence-corrected chi connectivity index (χ3v) is 3.82. The number of hydrogen-bond acceptors (Lipinski definition) is 6. The predicted octanol–water partition coefficient (Wildman–Crippen LogP) is 1.39. The van der Waals surface area contributed by atoms with Gasteiger partial charge in [-0.1, -0.05) is 6.42 Å². The van der Waals surface area contributed by atoms with E-state index in [0.717, 1.165) is 25.8 Å². The topological polar surface area (TPSA) is 84.3 Å². The van der Waals surface area contributed by atoms with Crippen LogP contribution in [0.5, 0.6) is 0 Å². The van der Waals surface area contributed by atoms with Gasteiger partial charge in [0.25, 0.3) is 0 Å². The van der Waals surface area contributed by atoms with E-state index in [2.05, 4.69) is 20.0 Å². The van der Waals surface area contributed by atoms with Crippen LogP contribution in [0, 0.1) is 18.8 Å². The lowest BCUT2D eigenvalue weighted by Crippen LogP contribution is -2.21. The van der Waals surface area contributed by atoms with Crippen LogP contribution in [0.3, 0.4) is 0 Å². The van der Waals surface area contributed by atoms with Crippen molar-refractivity contribution >= 4 is 11.8 Å². The molecule has 0 spiro atoms. The molecule has 0 saturated heterocycles. The standard InChI is InChI=1S/C14H21N3O3/c1-9-6-12(17-13(16-9)14(19)20-2)15-7-10-4-3-5-11(10)8-18/h6,10-11,18H,3-5,7-8H2,1-2H3,(H,15,16,17). The molecule has 1 aromatic heterocycles. The summed E-state index contributed by atoms with van der Waals surface area (Å²) in [7, 11) is 1.31. The van der Waals surface area contributed by atoms with Gasteiger partial charge in [0.05, 0.1) is 7.11 Å². The van der Waals surface area contributed by atoms with Crippen molar-refractivity contribution in [3.8, 4) is 0 Å². The molecule has 1 aromatic rings. The maximum absolute atomic E-state index is 11.5. The molecule has 1 saturated carbocycles. The highest BCUT2D eigenvalue weighted by Crippen LogP contribution is 2.31. The number of aromatic nitrogens is 2. The number of carbonyl (C=O) groups is 1. The first kappa shape index (κ1) is 14.7. The zero-order valence-electron chi connectivity index (χ0n) is 11.9. The van der Waals surface area contributed by atoms with Crippen molar-refractivity contribution < 1.29 is 14.6 Å². The van der Waals surface area contributed by atoms with Gasteiger partial charge in [-0.05, 0) is 31.6 Å². The number of nitrogens with one attached hydrogen (secondary N) is 1. The summed E-state index contributed by atoms with van der Waals surface area (Å²) >= 11 is 0. The molecule has 0 radical (unpaired) electrons. The van der Waals surface area contributed by atoms with Crippen LogP contribution in [0.1, 0.15) is 35.6 Å². The first-order valence-corrected chi connectivity index (χ1v) is 6.92. The van der Waals surface area contributed by atoms with Crippen molar-refractivity contribution in [1.29, 1.82) is 0 Å². The summed E-state index contributed by atoms with van der Waals surface area (Å²) in [5, 5.41) is 12.6. The predicted molar refractivity (Wildman–Crippen MR) is 74.5 cm³/mol. The Morgan fingerprint density at radius 1 is 1.45 bits per heavy atom. The Morgan fingerprint density at radius 3 is 2.90 bits per heavy atom. The highest BCUT2D eigenvalue weighted by Gasteiger charge is 2.26. The molecule has 1 aliphatic carbocycles. The van der Waals surface area contributed by atoms with E-state index in [1.165, 1.54) is 7.11 Å². The van der Waals surface area contributed by atoms with Crippen LogP contribution in [0.2, 0.25) is 0 Å². The molecule has 0 amide bonds. The number of methoxy groups -OCH3 is 1. The van der Waals surface area contributed by atoms with E-state index >= 15 is 0 Å². The molecule has 20 heavy (non-hydrogen) atoms. The molecule has 1 fully saturated rings. The van der Waals surface area contributed by atoms with E-state index in [4.69, 9.17) is 0 Å². The van der Waals surface area contributed by atoms with E-state index in [9.17, 15) is 9.90 Å². The summed E-state index contributed by atoms with van der Waals surface area (Å²) in [6.07, 6.45) is 3.36.